The Bertz CT molecular complexity index is 368. The predicted molar refractivity (Wildman–Crippen MR) is 56.7 cm³/mol. The highest BCUT2D eigenvalue weighted by molar-refractivity contribution is 5.70. The molecular formula is C11H14FNO3. The van der Waals surface area contributed by atoms with Crippen molar-refractivity contribution in [1.82, 2.24) is 0 Å². The van der Waals surface area contributed by atoms with Crippen LogP contribution in [0.2, 0.25) is 0 Å². The third-order valence-electron chi connectivity index (χ3n) is 1.95. The van der Waals surface area contributed by atoms with Gasteiger partial charge in [0.25, 0.3) is 0 Å². The molecule has 0 unspecified atom stereocenters. The van der Waals surface area contributed by atoms with Crippen molar-refractivity contribution in [3.8, 4) is 5.75 Å². The van der Waals surface area contributed by atoms with Gasteiger partial charge in [0, 0.05) is 6.07 Å². The fourth-order valence-electron chi connectivity index (χ4n) is 1.22. The van der Waals surface area contributed by atoms with E-state index in [4.69, 9.17) is 10.5 Å². The van der Waals surface area contributed by atoms with E-state index in [1.54, 1.807) is 6.07 Å². The average molecular weight is 227 g/mol. The van der Waals surface area contributed by atoms with E-state index in [1.807, 2.05) is 0 Å². The Morgan fingerprint density at radius 3 is 2.81 bits per heavy atom. The van der Waals surface area contributed by atoms with Crippen LogP contribution in [0.25, 0.3) is 0 Å². The van der Waals surface area contributed by atoms with Crippen LogP contribution < -0.4 is 10.5 Å². The van der Waals surface area contributed by atoms with Gasteiger partial charge in [-0.05, 0) is 30.7 Å². The first-order chi connectivity index (χ1) is 7.65. The number of methoxy groups -OCH3 is 1. The van der Waals surface area contributed by atoms with Crippen molar-refractivity contribution in [1.29, 1.82) is 0 Å². The lowest BCUT2D eigenvalue weighted by molar-refractivity contribution is -0.142. The SMILES string of the molecule is COC(=O)COc1cc(F)cc(CCN)c1. The number of halogens is 1. The van der Waals surface area contributed by atoms with Crippen LogP contribution in [-0.4, -0.2) is 26.2 Å². The standard InChI is InChI=1S/C11H14FNO3/c1-15-11(14)7-16-10-5-8(2-3-13)4-9(12)6-10/h4-6H,2-3,7,13H2,1H3. The van der Waals surface area contributed by atoms with Crippen LogP contribution in [0.5, 0.6) is 5.75 Å². The second-order valence-corrected chi connectivity index (χ2v) is 3.20. The normalized spacial score (nSPS) is 9.94. The number of hydrogen-bond acceptors (Lipinski definition) is 4. The Balaban J connectivity index is 2.68. The number of carbonyl (C=O) groups excluding carboxylic acids is 1. The van der Waals surface area contributed by atoms with E-state index in [1.165, 1.54) is 19.2 Å². The number of carbonyl (C=O) groups is 1. The zero-order valence-corrected chi connectivity index (χ0v) is 9.03. The quantitative estimate of drug-likeness (QED) is 0.758. The molecule has 0 heterocycles. The van der Waals surface area contributed by atoms with E-state index in [0.29, 0.717) is 18.7 Å². The molecule has 0 atom stereocenters. The molecule has 0 radical (unpaired) electrons. The van der Waals surface area contributed by atoms with Gasteiger partial charge in [-0.15, -0.1) is 0 Å². The summed E-state index contributed by atoms with van der Waals surface area (Å²) in [6.45, 7) is 0.196. The molecular weight excluding hydrogens is 213 g/mol. The second-order valence-electron chi connectivity index (χ2n) is 3.20. The van der Waals surface area contributed by atoms with Crippen molar-refractivity contribution in [2.75, 3.05) is 20.3 Å². The van der Waals surface area contributed by atoms with Crippen molar-refractivity contribution < 1.29 is 18.7 Å². The highest BCUT2D eigenvalue weighted by atomic mass is 19.1. The number of hydrogen-bond donors (Lipinski definition) is 1. The van der Waals surface area contributed by atoms with E-state index < -0.39 is 11.8 Å². The van der Waals surface area contributed by atoms with Crippen molar-refractivity contribution in [2.45, 2.75) is 6.42 Å². The maximum Gasteiger partial charge on any atom is 0.343 e. The van der Waals surface area contributed by atoms with E-state index in [-0.39, 0.29) is 6.61 Å². The summed E-state index contributed by atoms with van der Waals surface area (Å²) in [5.74, 6) is -0.621. The molecule has 0 aromatic heterocycles. The smallest absolute Gasteiger partial charge is 0.343 e. The van der Waals surface area contributed by atoms with Gasteiger partial charge in [0.2, 0.25) is 0 Å². The van der Waals surface area contributed by atoms with Crippen LogP contribution in [0.15, 0.2) is 18.2 Å². The molecule has 0 spiro atoms. The maximum atomic E-state index is 13.1. The molecule has 0 amide bonds. The molecule has 1 aromatic carbocycles. The molecule has 5 heteroatoms. The molecule has 0 saturated carbocycles. The third kappa shape index (κ3) is 3.86. The monoisotopic (exact) mass is 227 g/mol. The highest BCUT2D eigenvalue weighted by Gasteiger charge is 2.05. The first kappa shape index (κ1) is 12.4. The van der Waals surface area contributed by atoms with E-state index >= 15 is 0 Å². The molecule has 2 N–H and O–H groups in total. The Kier molecular flexibility index (Phi) is 4.72. The summed E-state index contributed by atoms with van der Waals surface area (Å²) in [5.41, 5.74) is 6.11. The van der Waals surface area contributed by atoms with Gasteiger partial charge in [-0.1, -0.05) is 0 Å². The summed E-state index contributed by atoms with van der Waals surface area (Å²) < 4.78 is 22.6. The lowest BCUT2D eigenvalue weighted by atomic mass is 10.1. The largest absolute Gasteiger partial charge is 0.482 e. The van der Waals surface area contributed by atoms with Crippen LogP contribution in [0.4, 0.5) is 4.39 Å². The number of ether oxygens (including phenoxy) is 2. The molecule has 4 nitrogen and oxygen atoms in total. The Labute approximate surface area is 93.2 Å². The molecule has 16 heavy (non-hydrogen) atoms. The van der Waals surface area contributed by atoms with E-state index in [0.717, 1.165) is 5.56 Å². The molecule has 0 aliphatic rings. The van der Waals surface area contributed by atoms with Crippen LogP contribution in [0.1, 0.15) is 5.56 Å². The van der Waals surface area contributed by atoms with Crippen molar-refractivity contribution >= 4 is 5.97 Å². The summed E-state index contributed by atoms with van der Waals surface area (Å²) >= 11 is 0. The number of nitrogens with two attached hydrogens (primary N) is 1. The van der Waals surface area contributed by atoms with Gasteiger partial charge in [0.05, 0.1) is 7.11 Å². The summed E-state index contributed by atoms with van der Waals surface area (Å²) in [6.07, 6.45) is 0.562. The van der Waals surface area contributed by atoms with Gasteiger partial charge in [-0.2, -0.15) is 0 Å². The molecule has 88 valence electrons. The number of benzene rings is 1. The van der Waals surface area contributed by atoms with Gasteiger partial charge >= 0.3 is 5.97 Å². The third-order valence-corrected chi connectivity index (χ3v) is 1.95. The summed E-state index contributed by atoms with van der Waals surface area (Å²) in [7, 11) is 1.26. The number of rotatable bonds is 5. The van der Waals surface area contributed by atoms with Crippen LogP contribution >= 0.6 is 0 Å². The van der Waals surface area contributed by atoms with Gasteiger partial charge in [-0.25, -0.2) is 9.18 Å². The molecule has 1 rings (SSSR count). The summed E-state index contributed by atoms with van der Waals surface area (Å²) in [5, 5.41) is 0. The molecule has 0 aliphatic carbocycles. The first-order valence-electron chi connectivity index (χ1n) is 4.85. The summed E-state index contributed by atoms with van der Waals surface area (Å²) in [6, 6.07) is 4.25. The highest BCUT2D eigenvalue weighted by Crippen LogP contribution is 2.16. The minimum atomic E-state index is -0.510. The lowest BCUT2D eigenvalue weighted by Gasteiger charge is -2.07. The maximum absolute atomic E-state index is 13.1. The van der Waals surface area contributed by atoms with Crippen LogP contribution in [-0.2, 0) is 16.0 Å². The van der Waals surface area contributed by atoms with Crippen molar-refractivity contribution in [3.63, 3.8) is 0 Å². The average Bonchev–Trinajstić information content (AvgIpc) is 2.25. The van der Waals surface area contributed by atoms with Gasteiger partial charge in [-0.3, -0.25) is 0 Å². The predicted octanol–water partition coefficient (Wildman–Crippen LogP) is 0.879. The van der Waals surface area contributed by atoms with Crippen LogP contribution in [0.3, 0.4) is 0 Å². The molecule has 0 bridgehead atoms. The molecule has 0 fully saturated rings. The molecule has 0 aliphatic heterocycles. The fraction of sp³-hybridized carbons (Fsp3) is 0.364. The molecule has 0 saturated heterocycles. The second kappa shape index (κ2) is 6.07. The Morgan fingerprint density at radius 1 is 1.44 bits per heavy atom. The lowest BCUT2D eigenvalue weighted by Crippen LogP contribution is -2.13. The van der Waals surface area contributed by atoms with Gasteiger partial charge < -0.3 is 15.2 Å². The van der Waals surface area contributed by atoms with Gasteiger partial charge in [0.1, 0.15) is 11.6 Å². The van der Waals surface area contributed by atoms with E-state index in [9.17, 15) is 9.18 Å². The minimum absolute atomic E-state index is 0.234. The fourth-order valence-corrected chi connectivity index (χ4v) is 1.22. The van der Waals surface area contributed by atoms with Crippen LogP contribution in [0, 0.1) is 5.82 Å². The van der Waals surface area contributed by atoms with Gasteiger partial charge in [0.15, 0.2) is 6.61 Å². The topological polar surface area (TPSA) is 61.5 Å². The van der Waals surface area contributed by atoms with E-state index in [2.05, 4.69) is 4.74 Å². The molecule has 1 aromatic rings. The Hall–Kier alpha value is -1.62. The number of esters is 1. The first-order valence-corrected chi connectivity index (χ1v) is 4.85. The Morgan fingerprint density at radius 2 is 2.19 bits per heavy atom. The zero-order chi connectivity index (χ0) is 12.0. The summed E-state index contributed by atoms with van der Waals surface area (Å²) in [4.78, 5) is 10.8. The zero-order valence-electron chi connectivity index (χ0n) is 9.03. The minimum Gasteiger partial charge on any atom is -0.482 e. The van der Waals surface area contributed by atoms with Crippen molar-refractivity contribution in [3.05, 3.63) is 29.6 Å². The van der Waals surface area contributed by atoms with Crippen molar-refractivity contribution in [2.24, 2.45) is 5.73 Å².